The third-order valence-electron chi connectivity index (χ3n) is 6.21. The molecule has 1 aliphatic heterocycles. The quantitative estimate of drug-likeness (QED) is 0.144. The number of hydrogen-bond acceptors (Lipinski definition) is 7. The van der Waals surface area contributed by atoms with Gasteiger partial charge in [0, 0.05) is 11.3 Å². The molecule has 8 nitrogen and oxygen atoms in total. The van der Waals surface area contributed by atoms with Crippen molar-refractivity contribution in [2.24, 2.45) is 10.2 Å². The van der Waals surface area contributed by atoms with Crippen LogP contribution < -0.4 is 10.1 Å². The third-order valence-corrected chi connectivity index (χ3v) is 7.21. The first-order chi connectivity index (χ1) is 20.0. The number of para-hydroxylation sites is 1. The molecule has 0 radical (unpaired) electrons. The van der Waals surface area contributed by atoms with E-state index >= 15 is 0 Å². The molecule has 41 heavy (non-hydrogen) atoms. The van der Waals surface area contributed by atoms with E-state index in [1.165, 1.54) is 16.7 Å². The number of anilines is 1. The first-order valence-electron chi connectivity index (χ1n) is 12.9. The van der Waals surface area contributed by atoms with Gasteiger partial charge < -0.3 is 14.5 Å². The number of amidine groups is 1. The monoisotopic (exact) mass is 564 g/mol. The Morgan fingerprint density at radius 1 is 0.976 bits per heavy atom. The van der Waals surface area contributed by atoms with Gasteiger partial charge in [0.25, 0.3) is 11.8 Å². The lowest BCUT2D eigenvalue weighted by Gasteiger charge is -2.12. The Kier molecular flexibility index (Phi) is 8.76. The van der Waals surface area contributed by atoms with Crippen LogP contribution >= 0.6 is 11.8 Å². The highest BCUT2D eigenvalue weighted by Crippen LogP contribution is 2.35. The normalized spacial score (nSPS) is 15.3. The molecule has 0 aliphatic carbocycles. The molecule has 206 valence electrons. The lowest BCUT2D eigenvalue weighted by atomic mass is 10.1. The van der Waals surface area contributed by atoms with E-state index in [1.54, 1.807) is 36.8 Å². The van der Waals surface area contributed by atoms with Crippen LogP contribution in [0.2, 0.25) is 0 Å². The molecule has 4 aromatic rings. The number of carbonyl (C=O) groups is 2. The molecule has 1 N–H and O–H groups in total. The highest BCUT2D eigenvalue weighted by atomic mass is 32.2. The predicted octanol–water partition coefficient (Wildman–Crippen LogP) is 6.42. The van der Waals surface area contributed by atoms with E-state index in [-0.39, 0.29) is 25.0 Å². The fourth-order valence-corrected chi connectivity index (χ4v) is 4.93. The van der Waals surface area contributed by atoms with E-state index in [9.17, 15) is 9.59 Å². The number of amides is 2. The molecule has 1 aromatic heterocycles. The van der Waals surface area contributed by atoms with E-state index in [4.69, 9.17) is 9.15 Å². The Balaban J connectivity index is 1.34. The second kappa shape index (κ2) is 13.0. The zero-order chi connectivity index (χ0) is 28.6. The standard InChI is InChI=1S/C32H28N4O4S/c1-22-13-15-26(16-14-22)34-30(37)21-40-28-12-6-5-9-24(28)18-29-31(38)36(20-27-11-7-17-39-27)32(41-29)35-33-19-25-10-4-3-8-23(25)2/h3-19H,20-21H2,1-2H3,(H,34,37)/b29-18-,33-19+,35-32-. The van der Waals surface area contributed by atoms with Gasteiger partial charge in [0.05, 0.1) is 23.9 Å². The Bertz CT molecular complexity index is 1630. The van der Waals surface area contributed by atoms with Crippen LogP contribution in [0.1, 0.15) is 28.0 Å². The smallest absolute Gasteiger partial charge is 0.267 e. The summed E-state index contributed by atoms with van der Waals surface area (Å²) in [5, 5.41) is 11.9. The lowest BCUT2D eigenvalue weighted by Crippen LogP contribution is -2.28. The molecule has 0 saturated carbocycles. The van der Waals surface area contributed by atoms with Crippen molar-refractivity contribution in [1.29, 1.82) is 0 Å². The maximum absolute atomic E-state index is 13.5. The summed E-state index contributed by atoms with van der Waals surface area (Å²) in [5.41, 5.74) is 4.48. The Morgan fingerprint density at radius 2 is 1.73 bits per heavy atom. The van der Waals surface area contributed by atoms with E-state index in [0.29, 0.717) is 32.8 Å². The molecule has 0 atom stereocenters. The number of nitrogens with one attached hydrogen (secondary N) is 1. The number of benzene rings is 3. The Hall–Kier alpha value is -4.89. The zero-order valence-corrected chi connectivity index (χ0v) is 23.4. The maximum Gasteiger partial charge on any atom is 0.267 e. The van der Waals surface area contributed by atoms with Crippen LogP contribution in [0.3, 0.4) is 0 Å². The van der Waals surface area contributed by atoms with Crippen molar-refractivity contribution >= 4 is 46.7 Å². The van der Waals surface area contributed by atoms with Gasteiger partial charge in [0.15, 0.2) is 11.8 Å². The molecular weight excluding hydrogens is 536 g/mol. The number of thioether (sulfide) groups is 1. The van der Waals surface area contributed by atoms with E-state index in [0.717, 1.165) is 16.7 Å². The van der Waals surface area contributed by atoms with Crippen molar-refractivity contribution in [2.75, 3.05) is 11.9 Å². The lowest BCUT2D eigenvalue weighted by molar-refractivity contribution is -0.122. The van der Waals surface area contributed by atoms with Crippen molar-refractivity contribution < 1.29 is 18.7 Å². The van der Waals surface area contributed by atoms with E-state index in [1.807, 2.05) is 80.6 Å². The summed E-state index contributed by atoms with van der Waals surface area (Å²) < 4.78 is 11.3. The molecule has 0 bridgehead atoms. The highest BCUT2D eigenvalue weighted by Gasteiger charge is 2.34. The third kappa shape index (κ3) is 7.20. The van der Waals surface area contributed by atoms with Crippen LogP contribution in [-0.4, -0.2) is 34.7 Å². The van der Waals surface area contributed by atoms with Gasteiger partial charge in [0.2, 0.25) is 0 Å². The number of rotatable bonds is 9. The second-order valence-electron chi connectivity index (χ2n) is 9.31. The molecular formula is C32H28N4O4S. The maximum atomic E-state index is 13.5. The summed E-state index contributed by atoms with van der Waals surface area (Å²) in [4.78, 5) is 28.0. The average molecular weight is 565 g/mol. The summed E-state index contributed by atoms with van der Waals surface area (Å²) in [7, 11) is 0. The van der Waals surface area contributed by atoms with E-state index < -0.39 is 0 Å². The van der Waals surface area contributed by atoms with Gasteiger partial charge in [-0.1, -0.05) is 60.2 Å². The van der Waals surface area contributed by atoms with E-state index in [2.05, 4.69) is 15.5 Å². The van der Waals surface area contributed by atoms with Crippen molar-refractivity contribution in [3.05, 3.63) is 124 Å². The molecule has 5 rings (SSSR count). The molecule has 0 spiro atoms. The summed E-state index contributed by atoms with van der Waals surface area (Å²) in [6.07, 6.45) is 4.98. The fraction of sp³-hybridized carbons (Fsp3) is 0.125. The molecule has 1 aliphatic rings. The number of aryl methyl sites for hydroxylation is 2. The first kappa shape index (κ1) is 27.7. The minimum absolute atomic E-state index is 0.180. The Labute approximate surface area is 242 Å². The summed E-state index contributed by atoms with van der Waals surface area (Å²) in [6, 6.07) is 26.2. The van der Waals surface area contributed by atoms with Gasteiger partial charge in [-0.15, -0.1) is 5.10 Å². The molecule has 9 heteroatoms. The fourth-order valence-electron chi connectivity index (χ4n) is 4.00. The summed E-state index contributed by atoms with van der Waals surface area (Å²) in [5.74, 6) is 0.587. The predicted molar refractivity (Wildman–Crippen MR) is 163 cm³/mol. The number of furan rings is 1. The number of hydrogen-bond donors (Lipinski definition) is 1. The van der Waals surface area contributed by atoms with Gasteiger partial charge in [-0.2, -0.15) is 5.10 Å². The second-order valence-corrected chi connectivity index (χ2v) is 10.3. The van der Waals surface area contributed by atoms with Crippen LogP contribution in [0.4, 0.5) is 5.69 Å². The molecule has 2 heterocycles. The summed E-state index contributed by atoms with van der Waals surface area (Å²) >= 11 is 1.22. The van der Waals surface area contributed by atoms with Crippen molar-refractivity contribution in [2.45, 2.75) is 20.4 Å². The van der Waals surface area contributed by atoms with Gasteiger partial charge in [-0.05, 0) is 73.1 Å². The minimum atomic E-state index is -0.284. The molecule has 1 saturated heterocycles. The van der Waals surface area contributed by atoms with Crippen LogP contribution in [-0.2, 0) is 16.1 Å². The summed E-state index contributed by atoms with van der Waals surface area (Å²) in [6.45, 7) is 4.02. The van der Waals surface area contributed by atoms with Crippen LogP contribution in [0, 0.1) is 13.8 Å². The molecule has 3 aromatic carbocycles. The topological polar surface area (TPSA) is 96.5 Å². The largest absolute Gasteiger partial charge is 0.483 e. The van der Waals surface area contributed by atoms with Gasteiger partial charge >= 0.3 is 0 Å². The number of ether oxygens (including phenoxy) is 1. The SMILES string of the molecule is Cc1ccc(NC(=O)COc2ccccc2/C=C2\S/C(=N\N=C\c3ccccc3C)N(Cc3ccco3)C2=O)cc1. The number of nitrogens with zero attached hydrogens (tertiary/aromatic N) is 3. The van der Waals surface area contributed by atoms with Crippen molar-refractivity contribution in [3.63, 3.8) is 0 Å². The average Bonchev–Trinajstić information content (AvgIpc) is 3.59. The van der Waals surface area contributed by atoms with Crippen LogP contribution in [0.25, 0.3) is 6.08 Å². The minimum Gasteiger partial charge on any atom is -0.483 e. The molecule has 2 amide bonds. The Morgan fingerprint density at radius 3 is 2.49 bits per heavy atom. The molecule has 0 unspecified atom stereocenters. The molecule has 1 fully saturated rings. The van der Waals surface area contributed by atoms with Crippen molar-refractivity contribution in [3.8, 4) is 5.75 Å². The van der Waals surface area contributed by atoms with Crippen LogP contribution in [0.15, 0.2) is 111 Å². The van der Waals surface area contributed by atoms with Gasteiger partial charge in [0.1, 0.15) is 11.5 Å². The zero-order valence-electron chi connectivity index (χ0n) is 22.6. The van der Waals surface area contributed by atoms with Gasteiger partial charge in [-0.25, -0.2) is 0 Å². The first-order valence-corrected chi connectivity index (χ1v) is 13.8. The number of carbonyl (C=O) groups excluding carboxylic acids is 2. The van der Waals surface area contributed by atoms with Crippen LogP contribution in [0.5, 0.6) is 5.75 Å². The van der Waals surface area contributed by atoms with Gasteiger partial charge in [-0.3, -0.25) is 14.5 Å². The highest BCUT2D eigenvalue weighted by molar-refractivity contribution is 8.18. The van der Waals surface area contributed by atoms with Crippen molar-refractivity contribution in [1.82, 2.24) is 4.90 Å².